The Balaban J connectivity index is 0.00000113. The molecule has 0 spiro atoms. The van der Waals surface area contributed by atoms with Crippen LogP contribution in [0.4, 0.5) is 0 Å². The zero-order valence-electron chi connectivity index (χ0n) is 15.4. The number of aliphatic hydroxyl groups is 1. The maximum Gasteiger partial charge on any atom is 0.157 e. The summed E-state index contributed by atoms with van der Waals surface area (Å²) in [5, 5.41) is 33.6. The fourth-order valence-corrected chi connectivity index (χ4v) is 6.13. The Morgan fingerprint density at radius 3 is 2.38 bits per heavy atom. The lowest BCUT2D eigenvalue weighted by atomic mass is 9.55. The molecule has 4 nitrogen and oxygen atoms in total. The van der Waals surface area contributed by atoms with E-state index in [0.29, 0.717) is 17.8 Å². The number of likely N-dealkylation sites (N-methyl/N-ethyl adjacent to an activating group) is 1. The van der Waals surface area contributed by atoms with Crippen LogP contribution in [0.15, 0.2) is 12.1 Å². The number of hydrogen-bond donors (Lipinski definition) is 4. The van der Waals surface area contributed by atoms with Crippen LogP contribution in [-0.4, -0.2) is 34.5 Å². The molecule has 0 radical (unpaired) electrons. The monoisotopic (exact) mass is 419 g/mol. The van der Waals surface area contributed by atoms with Crippen molar-refractivity contribution in [2.45, 2.75) is 57.1 Å². The van der Waals surface area contributed by atoms with E-state index in [1.54, 1.807) is 12.1 Å². The van der Waals surface area contributed by atoms with Crippen LogP contribution in [0.25, 0.3) is 0 Å². The van der Waals surface area contributed by atoms with Gasteiger partial charge in [0.05, 0.1) is 6.10 Å². The summed E-state index contributed by atoms with van der Waals surface area (Å²) < 4.78 is 0. The maximum atomic E-state index is 10.5. The summed E-state index contributed by atoms with van der Waals surface area (Å²) in [5.41, 5.74) is 2.57. The number of nitrogens with one attached hydrogen (secondary N) is 1. The molecule has 2 saturated carbocycles. The Bertz CT molecular complexity index is 645. The van der Waals surface area contributed by atoms with Crippen LogP contribution >= 0.6 is 40.5 Å². The van der Waals surface area contributed by atoms with Crippen LogP contribution in [0.3, 0.4) is 0 Å². The van der Waals surface area contributed by atoms with E-state index in [1.807, 2.05) is 7.05 Å². The molecule has 3 aliphatic rings. The highest BCUT2D eigenvalue weighted by molar-refractivity contribution is 7.59. The normalized spacial score (nSPS) is 37.1. The Hall–Kier alpha value is -0.210. The lowest BCUT2D eigenvalue weighted by molar-refractivity contribution is 0.0382. The molecular weight excluding hydrogens is 386 g/mol. The van der Waals surface area contributed by atoms with E-state index in [-0.39, 0.29) is 69.5 Å². The fourth-order valence-electron chi connectivity index (χ4n) is 6.13. The molecule has 3 aliphatic carbocycles. The molecule has 1 aromatic rings. The maximum absolute atomic E-state index is 10.5. The number of hydrogen-bond acceptors (Lipinski definition) is 4. The molecule has 0 heterocycles. The third-order valence-electron chi connectivity index (χ3n) is 7.16. The molecule has 0 aliphatic heterocycles. The molecule has 4 rings (SSSR count). The molecule has 2 fully saturated rings. The molecule has 0 amide bonds. The molecule has 0 aromatic heterocycles. The van der Waals surface area contributed by atoms with Crippen molar-refractivity contribution in [1.29, 1.82) is 0 Å². The molecule has 150 valence electrons. The van der Waals surface area contributed by atoms with Crippen molar-refractivity contribution < 1.29 is 15.3 Å². The van der Waals surface area contributed by atoms with Crippen LogP contribution in [0.1, 0.15) is 49.7 Å². The van der Waals surface area contributed by atoms with Gasteiger partial charge in [-0.2, -0.15) is 40.5 Å². The van der Waals surface area contributed by atoms with Crippen LogP contribution in [0.5, 0.6) is 11.5 Å². The second-order valence-corrected chi connectivity index (χ2v) is 8.07. The first-order valence-electron chi connectivity index (χ1n) is 8.85. The number of rotatable bonds is 1. The van der Waals surface area contributed by atoms with Gasteiger partial charge in [0.15, 0.2) is 11.5 Å². The highest BCUT2D eigenvalue weighted by atomic mass is 32.1. The van der Waals surface area contributed by atoms with Crippen LogP contribution in [-0.2, 0) is 6.42 Å². The molecule has 7 heteroatoms. The van der Waals surface area contributed by atoms with Gasteiger partial charge in [0.1, 0.15) is 0 Å². The number of phenolic OH excluding ortho intramolecular Hbond substituents is 2. The van der Waals surface area contributed by atoms with Crippen molar-refractivity contribution in [3.05, 3.63) is 23.3 Å². The Labute approximate surface area is 177 Å². The van der Waals surface area contributed by atoms with Gasteiger partial charge in [0.2, 0.25) is 0 Å². The molecule has 4 N–H and O–H groups in total. The lowest BCUT2D eigenvalue weighted by Gasteiger charge is -2.50. The van der Waals surface area contributed by atoms with Gasteiger partial charge in [0, 0.05) is 6.04 Å². The Morgan fingerprint density at radius 2 is 1.73 bits per heavy atom. The predicted molar refractivity (Wildman–Crippen MR) is 120 cm³/mol. The molecule has 0 bridgehead atoms. The van der Waals surface area contributed by atoms with Gasteiger partial charge in [-0.1, -0.05) is 6.92 Å². The van der Waals surface area contributed by atoms with Crippen molar-refractivity contribution in [2.24, 2.45) is 17.3 Å². The van der Waals surface area contributed by atoms with Gasteiger partial charge in [-0.3, -0.25) is 0 Å². The average molecular weight is 420 g/mol. The number of fused-ring (bicyclic) bond motifs is 5. The van der Waals surface area contributed by atoms with Crippen molar-refractivity contribution in [3.63, 3.8) is 0 Å². The molecule has 6 atom stereocenters. The first kappa shape index (κ1) is 23.8. The van der Waals surface area contributed by atoms with Gasteiger partial charge >= 0.3 is 0 Å². The number of aryl methyl sites for hydroxylation is 1. The molecule has 1 aromatic carbocycles. The summed E-state index contributed by atoms with van der Waals surface area (Å²) in [6, 6.07) is 3.71. The summed E-state index contributed by atoms with van der Waals surface area (Å²) in [6.07, 6.45) is 4.89. The minimum Gasteiger partial charge on any atom is -0.504 e. The van der Waals surface area contributed by atoms with Gasteiger partial charge in [-0.25, -0.2) is 0 Å². The quantitative estimate of drug-likeness (QED) is 0.528. The van der Waals surface area contributed by atoms with E-state index in [9.17, 15) is 15.3 Å². The van der Waals surface area contributed by atoms with Crippen LogP contribution < -0.4 is 5.32 Å². The highest BCUT2D eigenvalue weighted by Crippen LogP contribution is 2.61. The molecule has 0 unspecified atom stereocenters. The minimum atomic E-state index is -0.261. The molecular formula is C19H33NO3S3. The van der Waals surface area contributed by atoms with Crippen LogP contribution in [0.2, 0.25) is 0 Å². The summed E-state index contributed by atoms with van der Waals surface area (Å²) in [4.78, 5) is 0. The zero-order valence-corrected chi connectivity index (χ0v) is 18.4. The number of aromatic hydroxyl groups is 2. The summed E-state index contributed by atoms with van der Waals surface area (Å²) >= 11 is 0. The first-order chi connectivity index (χ1) is 11.0. The van der Waals surface area contributed by atoms with E-state index in [2.05, 4.69) is 12.2 Å². The van der Waals surface area contributed by atoms with Crippen molar-refractivity contribution in [2.75, 3.05) is 7.05 Å². The third-order valence-corrected chi connectivity index (χ3v) is 7.16. The smallest absolute Gasteiger partial charge is 0.157 e. The highest BCUT2D eigenvalue weighted by Gasteiger charge is 2.57. The van der Waals surface area contributed by atoms with Crippen molar-refractivity contribution >= 4 is 40.5 Å². The SMILES string of the molecule is CN[C@H]1[C@H](O)C[C@H]2[C@@H]3CCc4cc(O)c(O)cc4[C@H]3CC[C@@]21C.S.S.S. The van der Waals surface area contributed by atoms with Gasteiger partial charge in [-0.05, 0) is 85.6 Å². The van der Waals surface area contributed by atoms with Gasteiger partial charge in [-0.15, -0.1) is 0 Å². The minimum absolute atomic E-state index is 0. The topological polar surface area (TPSA) is 72.7 Å². The second-order valence-electron chi connectivity index (χ2n) is 8.07. The lowest BCUT2D eigenvalue weighted by Crippen LogP contribution is -2.49. The predicted octanol–water partition coefficient (Wildman–Crippen LogP) is 2.85. The van der Waals surface area contributed by atoms with Gasteiger partial charge < -0.3 is 20.6 Å². The summed E-state index contributed by atoms with van der Waals surface area (Å²) in [5.74, 6) is 1.54. The van der Waals surface area contributed by atoms with Crippen molar-refractivity contribution in [1.82, 2.24) is 5.32 Å². The van der Waals surface area contributed by atoms with E-state index < -0.39 is 0 Å². The summed E-state index contributed by atoms with van der Waals surface area (Å²) in [7, 11) is 1.96. The number of phenols is 2. The average Bonchev–Trinajstić information content (AvgIpc) is 2.78. The Morgan fingerprint density at radius 1 is 1.08 bits per heavy atom. The number of aliphatic hydroxyl groups excluding tert-OH is 1. The first-order valence-corrected chi connectivity index (χ1v) is 8.85. The van der Waals surface area contributed by atoms with Crippen molar-refractivity contribution in [3.8, 4) is 11.5 Å². The standard InChI is InChI=1S/C19H27NO3.3H2S/c1-19-6-5-11-12(14(19)9-17(23)18(19)20-2)4-3-10-7-15(21)16(22)8-13(10)11;;;/h7-8,11-12,14,17-18,20-23H,3-6,9H2,1-2H3;3*1H2/t11-,12+,14-,17+,18-,19-;;;/m0.../s1. The zero-order chi connectivity index (χ0) is 16.4. The second kappa shape index (κ2) is 8.43. The van der Waals surface area contributed by atoms with E-state index in [4.69, 9.17) is 0 Å². The van der Waals surface area contributed by atoms with Crippen LogP contribution in [0, 0.1) is 17.3 Å². The molecule has 26 heavy (non-hydrogen) atoms. The van der Waals surface area contributed by atoms with Gasteiger partial charge in [0.25, 0.3) is 0 Å². The fraction of sp³-hybridized carbons (Fsp3) is 0.684. The van der Waals surface area contributed by atoms with E-state index in [0.717, 1.165) is 32.1 Å². The summed E-state index contributed by atoms with van der Waals surface area (Å²) in [6.45, 7) is 2.34. The van der Waals surface area contributed by atoms with E-state index in [1.165, 1.54) is 11.1 Å². The number of benzene rings is 1. The Kier molecular flexibility index (Phi) is 7.73. The largest absolute Gasteiger partial charge is 0.504 e. The molecule has 0 saturated heterocycles. The van der Waals surface area contributed by atoms with E-state index >= 15 is 0 Å². The third kappa shape index (κ3) is 3.34.